The van der Waals surface area contributed by atoms with E-state index in [0.29, 0.717) is 22.2 Å². The molecular weight excluding hydrogens is 298 g/mol. The topological polar surface area (TPSA) is 58.8 Å². The highest BCUT2D eigenvalue weighted by Gasteiger charge is 2.14. The third kappa shape index (κ3) is 2.36. The molecule has 0 fully saturated rings. The number of aryl methyl sites for hydroxylation is 1. The number of rotatable bonds is 2. The molecule has 1 aromatic heterocycles. The van der Waals surface area contributed by atoms with Crippen LogP contribution in [0.4, 0.5) is 0 Å². The Morgan fingerprint density at radius 1 is 1.09 bits per heavy atom. The average Bonchev–Trinajstić information content (AvgIpc) is 2.55. The van der Waals surface area contributed by atoms with E-state index in [-0.39, 0.29) is 0 Å². The van der Waals surface area contributed by atoms with Crippen LogP contribution in [-0.4, -0.2) is 17.3 Å². The van der Waals surface area contributed by atoms with Crippen LogP contribution in [0, 0.1) is 18.3 Å². The fraction of sp³-hybridized carbons (Fsp3) is 0.118. The number of ether oxygens (including phenoxy) is 1. The molecule has 0 aliphatic heterocycles. The van der Waals surface area contributed by atoms with Gasteiger partial charge in [0.25, 0.3) is 0 Å². The minimum Gasteiger partial charge on any atom is -0.496 e. The van der Waals surface area contributed by atoms with Crippen molar-refractivity contribution in [3.63, 3.8) is 0 Å². The zero-order valence-corrected chi connectivity index (χ0v) is 12.8. The Kier molecular flexibility index (Phi) is 3.66. The molecule has 0 spiro atoms. The largest absolute Gasteiger partial charge is 0.496 e. The number of methoxy groups -OCH3 is 1. The minimum atomic E-state index is 0.370. The van der Waals surface area contributed by atoms with E-state index in [0.717, 1.165) is 21.9 Å². The van der Waals surface area contributed by atoms with Crippen molar-refractivity contribution in [2.45, 2.75) is 6.92 Å². The summed E-state index contributed by atoms with van der Waals surface area (Å²) in [5, 5.41) is 19.4. The summed E-state index contributed by atoms with van der Waals surface area (Å²) in [6, 6.07) is 13.3. The molecule has 1 heterocycles. The molecule has 0 bridgehead atoms. The van der Waals surface area contributed by atoms with E-state index >= 15 is 0 Å². The van der Waals surface area contributed by atoms with Gasteiger partial charge in [-0.15, -0.1) is 10.2 Å². The van der Waals surface area contributed by atoms with Crippen LogP contribution in [0.1, 0.15) is 11.1 Å². The van der Waals surface area contributed by atoms with Gasteiger partial charge in [0.2, 0.25) is 0 Å². The normalized spacial score (nSPS) is 10.5. The van der Waals surface area contributed by atoms with E-state index in [4.69, 9.17) is 21.6 Å². The van der Waals surface area contributed by atoms with E-state index in [2.05, 4.69) is 16.3 Å². The van der Waals surface area contributed by atoms with E-state index in [9.17, 15) is 0 Å². The average molecular weight is 310 g/mol. The third-order valence-corrected chi connectivity index (χ3v) is 3.76. The molecule has 2 aromatic carbocycles. The Labute approximate surface area is 132 Å². The summed E-state index contributed by atoms with van der Waals surface area (Å²) in [7, 11) is 1.57. The van der Waals surface area contributed by atoms with Crippen molar-refractivity contribution in [3.8, 4) is 23.1 Å². The van der Waals surface area contributed by atoms with Crippen molar-refractivity contribution in [2.24, 2.45) is 0 Å². The van der Waals surface area contributed by atoms with Gasteiger partial charge in [-0.25, -0.2) is 0 Å². The lowest BCUT2D eigenvalue weighted by atomic mass is 10.0. The van der Waals surface area contributed by atoms with Gasteiger partial charge < -0.3 is 4.74 Å². The van der Waals surface area contributed by atoms with Crippen molar-refractivity contribution in [3.05, 3.63) is 52.7 Å². The fourth-order valence-electron chi connectivity index (χ4n) is 2.39. The maximum atomic E-state index is 9.01. The van der Waals surface area contributed by atoms with Crippen LogP contribution in [0.2, 0.25) is 5.15 Å². The second kappa shape index (κ2) is 5.63. The van der Waals surface area contributed by atoms with Gasteiger partial charge in [0.05, 0.1) is 18.7 Å². The third-order valence-electron chi connectivity index (χ3n) is 3.48. The van der Waals surface area contributed by atoms with Gasteiger partial charge >= 0.3 is 0 Å². The number of halogens is 1. The van der Waals surface area contributed by atoms with Gasteiger partial charge in [0.15, 0.2) is 5.15 Å². The van der Waals surface area contributed by atoms with E-state index in [1.54, 1.807) is 19.2 Å². The van der Waals surface area contributed by atoms with Crippen molar-refractivity contribution in [1.29, 1.82) is 5.26 Å². The summed E-state index contributed by atoms with van der Waals surface area (Å²) in [4.78, 5) is 0. The molecular formula is C17H12ClN3O. The van der Waals surface area contributed by atoms with Gasteiger partial charge in [-0.1, -0.05) is 29.3 Å². The molecule has 0 N–H and O–H groups in total. The van der Waals surface area contributed by atoms with Crippen LogP contribution < -0.4 is 4.74 Å². The summed E-state index contributed by atoms with van der Waals surface area (Å²) in [5.74, 6) is 0.581. The van der Waals surface area contributed by atoms with E-state index in [1.165, 1.54) is 0 Å². The van der Waals surface area contributed by atoms with Crippen molar-refractivity contribution < 1.29 is 4.74 Å². The molecule has 4 nitrogen and oxygen atoms in total. The van der Waals surface area contributed by atoms with Crippen LogP contribution in [0.5, 0.6) is 5.75 Å². The zero-order valence-electron chi connectivity index (χ0n) is 12.1. The molecule has 0 amide bonds. The van der Waals surface area contributed by atoms with E-state index in [1.807, 2.05) is 31.2 Å². The standard InChI is InChI=1S/C17H12ClN3O/c1-10-3-5-12-14(7-10)17(18)21-20-16(12)13-6-4-11(9-19)8-15(13)22-2/h3-8H,1-2H3. The summed E-state index contributed by atoms with van der Waals surface area (Å²) in [6.07, 6.45) is 0. The Hall–Kier alpha value is -2.64. The maximum absolute atomic E-state index is 9.01. The Morgan fingerprint density at radius 3 is 2.64 bits per heavy atom. The summed E-state index contributed by atoms with van der Waals surface area (Å²) < 4.78 is 5.39. The molecule has 5 heteroatoms. The molecule has 3 rings (SSSR count). The smallest absolute Gasteiger partial charge is 0.159 e. The number of fused-ring (bicyclic) bond motifs is 1. The molecule has 108 valence electrons. The van der Waals surface area contributed by atoms with E-state index < -0.39 is 0 Å². The highest BCUT2D eigenvalue weighted by atomic mass is 35.5. The van der Waals surface area contributed by atoms with Gasteiger partial charge in [-0.2, -0.15) is 5.26 Å². The lowest BCUT2D eigenvalue weighted by Crippen LogP contribution is -1.95. The van der Waals surface area contributed by atoms with Crippen LogP contribution in [0.15, 0.2) is 36.4 Å². The molecule has 0 saturated carbocycles. The number of hydrogen-bond acceptors (Lipinski definition) is 4. The van der Waals surface area contributed by atoms with Crippen LogP contribution in [0.3, 0.4) is 0 Å². The van der Waals surface area contributed by atoms with Crippen LogP contribution >= 0.6 is 11.6 Å². The van der Waals surface area contributed by atoms with Gasteiger partial charge in [-0.05, 0) is 31.2 Å². The summed E-state index contributed by atoms with van der Waals surface area (Å²) in [6.45, 7) is 2.00. The highest BCUT2D eigenvalue weighted by molar-refractivity contribution is 6.34. The lowest BCUT2D eigenvalue weighted by molar-refractivity contribution is 0.416. The zero-order chi connectivity index (χ0) is 15.7. The van der Waals surface area contributed by atoms with Crippen molar-refractivity contribution in [1.82, 2.24) is 10.2 Å². The summed E-state index contributed by atoms with van der Waals surface area (Å²) in [5.41, 5.74) is 3.09. The number of hydrogen-bond donors (Lipinski definition) is 0. The maximum Gasteiger partial charge on any atom is 0.159 e. The molecule has 0 aliphatic carbocycles. The number of nitrogens with zero attached hydrogens (tertiary/aromatic N) is 3. The predicted molar refractivity (Wildman–Crippen MR) is 86.0 cm³/mol. The first-order valence-electron chi connectivity index (χ1n) is 6.65. The van der Waals surface area contributed by atoms with Crippen LogP contribution in [-0.2, 0) is 0 Å². The molecule has 3 aromatic rings. The van der Waals surface area contributed by atoms with Gasteiger partial charge in [0.1, 0.15) is 11.4 Å². The van der Waals surface area contributed by atoms with Crippen LogP contribution in [0.25, 0.3) is 22.0 Å². The first-order chi connectivity index (χ1) is 10.6. The predicted octanol–water partition coefficient (Wildman–Crippen LogP) is 4.14. The van der Waals surface area contributed by atoms with Gasteiger partial charge in [0, 0.05) is 16.3 Å². The van der Waals surface area contributed by atoms with Crippen molar-refractivity contribution >= 4 is 22.4 Å². The lowest BCUT2D eigenvalue weighted by Gasteiger charge is -2.11. The Balaban J connectivity index is 2.32. The molecule has 0 atom stereocenters. The second-order valence-corrected chi connectivity index (χ2v) is 5.27. The first kappa shape index (κ1) is 14.3. The first-order valence-corrected chi connectivity index (χ1v) is 7.03. The Bertz CT molecular complexity index is 916. The molecule has 0 aliphatic rings. The minimum absolute atomic E-state index is 0.370. The number of aromatic nitrogens is 2. The number of nitriles is 1. The van der Waals surface area contributed by atoms with Gasteiger partial charge in [-0.3, -0.25) is 0 Å². The quantitative estimate of drug-likeness (QED) is 0.714. The summed E-state index contributed by atoms with van der Waals surface area (Å²) >= 11 is 6.16. The molecule has 0 unspecified atom stereocenters. The van der Waals surface area contributed by atoms with Crippen molar-refractivity contribution in [2.75, 3.05) is 7.11 Å². The molecule has 22 heavy (non-hydrogen) atoms. The fourth-order valence-corrected chi connectivity index (χ4v) is 2.59. The Morgan fingerprint density at radius 2 is 1.91 bits per heavy atom. The molecule has 0 radical (unpaired) electrons. The molecule has 0 saturated heterocycles. The SMILES string of the molecule is COc1cc(C#N)ccc1-c1nnc(Cl)c2cc(C)ccc12. The highest BCUT2D eigenvalue weighted by Crippen LogP contribution is 2.35. The monoisotopic (exact) mass is 309 g/mol. The second-order valence-electron chi connectivity index (χ2n) is 4.92. The number of benzene rings is 2.